The highest BCUT2D eigenvalue weighted by molar-refractivity contribution is 7.89. The Bertz CT molecular complexity index is 1370. The Morgan fingerprint density at radius 1 is 0.900 bits per heavy atom. The summed E-state index contributed by atoms with van der Waals surface area (Å²) in [5, 5.41) is 4.12. The van der Waals surface area contributed by atoms with Gasteiger partial charge in [0.1, 0.15) is 18.4 Å². The molecule has 0 aromatic heterocycles. The zero-order valence-corrected chi connectivity index (χ0v) is 30.0. The number of hydroxylamine groups is 2. The second-order valence-electron chi connectivity index (χ2n) is 11.2. The van der Waals surface area contributed by atoms with Crippen molar-refractivity contribution in [2.24, 2.45) is 5.73 Å². The van der Waals surface area contributed by atoms with E-state index < -0.39 is 22.0 Å². The molecule has 16 heteroatoms. The Morgan fingerprint density at radius 2 is 1.52 bits per heavy atom. The number of hydrogen-bond donors (Lipinski definition) is 3. The number of nitrogens with one attached hydrogen (secondary N) is 2. The number of nitrogens with zero attached hydrogens (tertiary/aromatic N) is 1. The highest BCUT2D eigenvalue weighted by Gasteiger charge is 2.28. The van der Waals surface area contributed by atoms with E-state index in [1.54, 1.807) is 26.0 Å². The lowest BCUT2D eigenvalue weighted by atomic mass is 10.1. The van der Waals surface area contributed by atoms with Crippen LogP contribution < -0.4 is 20.5 Å². The van der Waals surface area contributed by atoms with Crippen LogP contribution in [0.1, 0.15) is 42.4 Å². The number of amides is 2. The Kier molecular flexibility index (Phi) is 20.8. The molecule has 2 aromatic rings. The zero-order chi connectivity index (χ0) is 36.6. The predicted octanol–water partition coefficient (Wildman–Crippen LogP) is 1.78. The first-order valence-electron chi connectivity index (χ1n) is 16.5. The van der Waals surface area contributed by atoms with Crippen molar-refractivity contribution < 1.29 is 51.3 Å². The van der Waals surface area contributed by atoms with Gasteiger partial charge in [0.15, 0.2) is 0 Å². The van der Waals surface area contributed by atoms with Crippen LogP contribution in [-0.4, -0.2) is 111 Å². The number of carbonyl (C=O) groups excluding carboxylic acids is 3. The number of hydrogen-bond acceptors (Lipinski definition) is 12. The number of methoxy groups -OCH3 is 1. The lowest BCUT2D eigenvalue weighted by Gasteiger charge is -2.18. The molecule has 1 atom stereocenters. The maximum atomic E-state index is 12.9. The van der Waals surface area contributed by atoms with Crippen molar-refractivity contribution in [2.75, 3.05) is 73.0 Å². The van der Waals surface area contributed by atoms with Crippen molar-refractivity contribution in [3.8, 4) is 5.75 Å². The van der Waals surface area contributed by atoms with Gasteiger partial charge in [0.25, 0.3) is 0 Å². The van der Waals surface area contributed by atoms with Gasteiger partial charge in [-0.1, -0.05) is 30.3 Å². The number of esters is 1. The number of ether oxygens (including phenoxy) is 5. The van der Waals surface area contributed by atoms with Crippen LogP contribution in [0, 0.1) is 13.8 Å². The minimum absolute atomic E-state index is 0.0336. The maximum absolute atomic E-state index is 12.9. The van der Waals surface area contributed by atoms with Gasteiger partial charge in [-0.05, 0) is 61.9 Å². The Balaban J connectivity index is 1.46. The molecular formula is C34H52N4O11S. The summed E-state index contributed by atoms with van der Waals surface area (Å²) in [6.45, 7) is 7.23. The van der Waals surface area contributed by atoms with Gasteiger partial charge in [0.2, 0.25) is 22.3 Å². The second kappa shape index (κ2) is 24.5. The van der Waals surface area contributed by atoms with E-state index >= 15 is 0 Å². The van der Waals surface area contributed by atoms with Gasteiger partial charge in [-0.15, -0.1) is 0 Å². The molecule has 280 valence electrons. The minimum Gasteiger partial charge on any atom is -0.494 e. The molecule has 0 aliphatic carbocycles. The number of carbonyl (C=O) groups is 3. The molecule has 0 spiro atoms. The second-order valence-corrected chi connectivity index (χ2v) is 12.8. The first-order chi connectivity index (χ1) is 24.1. The molecule has 2 aromatic carbocycles. The molecular weight excluding hydrogens is 672 g/mol. The monoisotopic (exact) mass is 724 g/mol. The van der Waals surface area contributed by atoms with E-state index in [1.807, 2.05) is 30.3 Å². The molecule has 15 nitrogen and oxygen atoms in total. The van der Waals surface area contributed by atoms with Gasteiger partial charge >= 0.3 is 5.97 Å². The van der Waals surface area contributed by atoms with Crippen molar-refractivity contribution in [3.63, 3.8) is 0 Å². The molecule has 1 unspecified atom stereocenters. The van der Waals surface area contributed by atoms with E-state index in [0.29, 0.717) is 102 Å². The first kappa shape index (κ1) is 42.5. The number of aryl methyl sites for hydroxylation is 2. The van der Waals surface area contributed by atoms with E-state index in [4.69, 9.17) is 29.5 Å². The molecule has 0 radical (unpaired) electrons. The number of sulfonamides is 1. The zero-order valence-electron chi connectivity index (χ0n) is 29.2. The number of nitrogens with two attached hydrogens (primary N) is 1. The lowest BCUT2D eigenvalue weighted by Crippen LogP contribution is -2.46. The Labute approximate surface area is 295 Å². The summed E-state index contributed by atoms with van der Waals surface area (Å²) in [6, 6.07) is 11.6. The molecule has 4 N–H and O–H groups in total. The third kappa shape index (κ3) is 16.8. The van der Waals surface area contributed by atoms with Gasteiger partial charge in [0.05, 0.1) is 51.6 Å². The van der Waals surface area contributed by atoms with Crippen LogP contribution in [-0.2, 0) is 54.8 Å². The fraction of sp³-hybridized carbons (Fsp3) is 0.559. The van der Waals surface area contributed by atoms with Crippen LogP contribution in [0.3, 0.4) is 0 Å². The normalized spacial score (nSPS) is 11.9. The van der Waals surface area contributed by atoms with E-state index in [0.717, 1.165) is 12.7 Å². The standard InChI is InChI=1S/C34H52N4O11S/c1-27-22-30(23-28(2)33(27)50(42,43)37-31(24-35)34(41)44-3)48-17-7-12-32(40)36-13-8-15-45-18-20-47-21-19-46-16-9-14-38(26-39)49-25-29-10-5-4-6-11-29/h4-6,10-11,22-23,26,31,37H,7-9,12-21,24-25,35H2,1-3H3,(H,36,40). The maximum Gasteiger partial charge on any atom is 0.325 e. The largest absolute Gasteiger partial charge is 0.494 e. The Hall–Kier alpha value is -3.64. The van der Waals surface area contributed by atoms with Crippen molar-refractivity contribution in [1.29, 1.82) is 0 Å². The average molecular weight is 725 g/mol. The molecule has 0 saturated heterocycles. The van der Waals surface area contributed by atoms with Crippen molar-refractivity contribution in [1.82, 2.24) is 15.1 Å². The summed E-state index contributed by atoms with van der Waals surface area (Å²) in [7, 11) is -2.89. The van der Waals surface area contributed by atoms with Crippen LogP contribution in [0.4, 0.5) is 0 Å². The van der Waals surface area contributed by atoms with Crippen LogP contribution in [0.2, 0.25) is 0 Å². The predicted molar refractivity (Wildman–Crippen MR) is 185 cm³/mol. The molecule has 2 rings (SSSR count). The molecule has 0 bridgehead atoms. The SMILES string of the molecule is COC(=O)C(CN)NS(=O)(=O)c1c(C)cc(OCCCC(=O)NCCCOCCOCCOCCCN(C=O)OCc2ccccc2)cc1C. The van der Waals surface area contributed by atoms with E-state index in [9.17, 15) is 22.8 Å². The van der Waals surface area contributed by atoms with Crippen LogP contribution in [0.25, 0.3) is 0 Å². The van der Waals surface area contributed by atoms with Gasteiger partial charge in [-0.3, -0.25) is 19.2 Å². The van der Waals surface area contributed by atoms with Crippen molar-refractivity contribution in [2.45, 2.75) is 57.1 Å². The van der Waals surface area contributed by atoms with Crippen molar-refractivity contribution >= 4 is 28.3 Å². The third-order valence-electron chi connectivity index (χ3n) is 7.09. The summed E-state index contributed by atoms with van der Waals surface area (Å²) in [4.78, 5) is 40.6. The molecule has 0 aliphatic rings. The summed E-state index contributed by atoms with van der Waals surface area (Å²) < 4.78 is 55.0. The van der Waals surface area contributed by atoms with Gasteiger partial charge in [-0.2, -0.15) is 4.72 Å². The summed E-state index contributed by atoms with van der Waals surface area (Å²) in [5.41, 5.74) is 7.39. The third-order valence-corrected chi connectivity index (χ3v) is 8.87. The van der Waals surface area contributed by atoms with Crippen LogP contribution in [0.5, 0.6) is 5.75 Å². The topological polar surface area (TPSA) is 194 Å². The van der Waals surface area contributed by atoms with Crippen LogP contribution >= 0.6 is 0 Å². The number of benzene rings is 2. The summed E-state index contributed by atoms with van der Waals surface area (Å²) in [5.74, 6) is -0.404. The fourth-order valence-corrected chi connectivity index (χ4v) is 6.31. The van der Waals surface area contributed by atoms with Crippen LogP contribution in [0.15, 0.2) is 47.4 Å². The highest BCUT2D eigenvalue weighted by Crippen LogP contribution is 2.26. The summed E-state index contributed by atoms with van der Waals surface area (Å²) in [6.07, 6.45) is 2.71. The summed E-state index contributed by atoms with van der Waals surface area (Å²) >= 11 is 0. The van der Waals surface area contributed by atoms with Gasteiger partial charge < -0.3 is 34.7 Å². The van der Waals surface area contributed by atoms with Gasteiger partial charge in [-0.25, -0.2) is 13.5 Å². The molecule has 0 aliphatic heterocycles. The number of rotatable bonds is 28. The van der Waals surface area contributed by atoms with E-state index in [1.165, 1.54) is 5.06 Å². The first-order valence-corrected chi connectivity index (χ1v) is 18.0. The van der Waals surface area contributed by atoms with Crippen molar-refractivity contribution in [3.05, 3.63) is 59.2 Å². The lowest BCUT2D eigenvalue weighted by molar-refractivity contribution is -0.178. The molecule has 0 fully saturated rings. The highest BCUT2D eigenvalue weighted by atomic mass is 32.2. The van der Waals surface area contributed by atoms with Gasteiger partial charge in [0, 0.05) is 32.7 Å². The fourth-order valence-electron chi connectivity index (χ4n) is 4.66. The molecule has 0 saturated carbocycles. The Morgan fingerprint density at radius 3 is 2.12 bits per heavy atom. The quantitative estimate of drug-likeness (QED) is 0.0499. The van der Waals surface area contributed by atoms with E-state index in [2.05, 4.69) is 14.8 Å². The average Bonchev–Trinajstić information content (AvgIpc) is 3.10. The van der Waals surface area contributed by atoms with E-state index in [-0.39, 0.29) is 30.4 Å². The molecule has 0 heterocycles. The molecule has 2 amide bonds. The molecule has 50 heavy (non-hydrogen) atoms. The smallest absolute Gasteiger partial charge is 0.325 e. The minimum atomic E-state index is -4.05.